The number of carbonyl (C=O) groups is 2. The van der Waals surface area contributed by atoms with Gasteiger partial charge in [0.1, 0.15) is 12.2 Å². The highest BCUT2D eigenvalue weighted by atomic mass is 16.6. The van der Waals surface area contributed by atoms with Crippen molar-refractivity contribution in [1.29, 1.82) is 0 Å². The van der Waals surface area contributed by atoms with Crippen molar-refractivity contribution in [3.8, 4) is 0 Å². The number of hydrogen-bond donors (Lipinski definition) is 0. The van der Waals surface area contributed by atoms with Gasteiger partial charge < -0.3 is 14.2 Å². The third-order valence-corrected chi connectivity index (χ3v) is 2.97. The van der Waals surface area contributed by atoms with Gasteiger partial charge >= 0.3 is 12.1 Å². The first-order valence-electron chi connectivity index (χ1n) is 7.40. The molecule has 0 aliphatic carbocycles. The SMILES string of the molecule is COC[C@H](C(=O)OCc1ccccc1)N(C)C(=O)OC(C)(C)C. The van der Waals surface area contributed by atoms with E-state index in [-0.39, 0.29) is 13.2 Å². The van der Waals surface area contributed by atoms with Crippen LogP contribution in [0, 0.1) is 0 Å². The molecule has 0 spiro atoms. The summed E-state index contributed by atoms with van der Waals surface area (Å²) in [5.74, 6) is -0.538. The standard InChI is InChI=1S/C17H25NO5/c1-17(2,3)23-16(20)18(4)14(12-21-5)15(19)22-11-13-9-7-6-8-10-13/h6-10,14H,11-12H2,1-5H3/t14-/m1/s1. The second-order valence-electron chi connectivity index (χ2n) is 6.16. The average Bonchev–Trinajstić information content (AvgIpc) is 2.49. The number of methoxy groups -OCH3 is 1. The van der Waals surface area contributed by atoms with Crippen molar-refractivity contribution >= 4 is 12.1 Å². The largest absolute Gasteiger partial charge is 0.459 e. The summed E-state index contributed by atoms with van der Waals surface area (Å²) >= 11 is 0. The number of esters is 1. The number of benzene rings is 1. The number of carbonyl (C=O) groups excluding carboxylic acids is 2. The van der Waals surface area contributed by atoms with Crippen LogP contribution in [0.5, 0.6) is 0 Å². The first-order valence-corrected chi connectivity index (χ1v) is 7.40. The van der Waals surface area contributed by atoms with E-state index in [4.69, 9.17) is 14.2 Å². The number of nitrogens with zero attached hydrogens (tertiary/aromatic N) is 1. The molecule has 0 N–H and O–H groups in total. The normalized spacial score (nSPS) is 12.4. The van der Waals surface area contributed by atoms with Crippen LogP contribution in [-0.4, -0.2) is 49.4 Å². The Bertz CT molecular complexity index is 509. The van der Waals surface area contributed by atoms with E-state index in [1.165, 1.54) is 19.1 Å². The summed E-state index contributed by atoms with van der Waals surface area (Å²) in [7, 11) is 2.95. The minimum absolute atomic E-state index is 0.0311. The Morgan fingerprint density at radius 3 is 2.30 bits per heavy atom. The molecular weight excluding hydrogens is 298 g/mol. The van der Waals surface area contributed by atoms with Gasteiger partial charge in [-0.1, -0.05) is 30.3 Å². The summed E-state index contributed by atoms with van der Waals surface area (Å²) in [6.07, 6.45) is -0.601. The molecular formula is C17H25NO5. The summed E-state index contributed by atoms with van der Waals surface area (Å²) in [6.45, 7) is 5.46. The van der Waals surface area contributed by atoms with Crippen LogP contribution in [0.2, 0.25) is 0 Å². The fourth-order valence-corrected chi connectivity index (χ4v) is 1.78. The molecule has 1 amide bonds. The minimum Gasteiger partial charge on any atom is -0.459 e. The van der Waals surface area contributed by atoms with Crippen molar-refractivity contribution in [3.63, 3.8) is 0 Å². The fourth-order valence-electron chi connectivity index (χ4n) is 1.78. The zero-order valence-corrected chi connectivity index (χ0v) is 14.4. The average molecular weight is 323 g/mol. The third kappa shape index (κ3) is 6.69. The summed E-state index contributed by atoms with van der Waals surface area (Å²) in [6, 6.07) is 8.46. The lowest BCUT2D eigenvalue weighted by atomic mass is 10.2. The molecule has 0 bridgehead atoms. The summed E-state index contributed by atoms with van der Waals surface area (Å²) in [5.41, 5.74) is 0.230. The molecule has 0 aromatic heterocycles. The van der Waals surface area contributed by atoms with Crippen molar-refractivity contribution in [2.75, 3.05) is 20.8 Å². The Kier molecular flexibility index (Phi) is 7.03. The maximum Gasteiger partial charge on any atom is 0.410 e. The molecule has 1 aromatic rings. The number of hydrogen-bond acceptors (Lipinski definition) is 5. The first kappa shape index (κ1) is 19.0. The molecule has 0 saturated carbocycles. The smallest absolute Gasteiger partial charge is 0.410 e. The maximum atomic E-state index is 12.3. The number of ether oxygens (including phenoxy) is 3. The Morgan fingerprint density at radius 2 is 1.78 bits per heavy atom. The number of likely N-dealkylation sites (N-methyl/N-ethyl adjacent to an activating group) is 1. The van der Waals surface area contributed by atoms with Gasteiger partial charge in [-0.15, -0.1) is 0 Å². The van der Waals surface area contributed by atoms with Gasteiger partial charge in [0, 0.05) is 14.2 Å². The van der Waals surface area contributed by atoms with Gasteiger partial charge in [-0.05, 0) is 26.3 Å². The summed E-state index contributed by atoms with van der Waals surface area (Å²) in [5, 5.41) is 0. The van der Waals surface area contributed by atoms with Crippen LogP contribution >= 0.6 is 0 Å². The van der Waals surface area contributed by atoms with E-state index in [1.807, 2.05) is 30.3 Å². The highest BCUT2D eigenvalue weighted by Crippen LogP contribution is 2.12. The molecule has 0 fully saturated rings. The highest BCUT2D eigenvalue weighted by molar-refractivity contribution is 5.81. The van der Waals surface area contributed by atoms with E-state index in [9.17, 15) is 9.59 Å². The maximum absolute atomic E-state index is 12.3. The van der Waals surface area contributed by atoms with Crippen LogP contribution < -0.4 is 0 Å². The van der Waals surface area contributed by atoms with Gasteiger partial charge in [-0.3, -0.25) is 4.90 Å². The van der Waals surface area contributed by atoms with E-state index in [1.54, 1.807) is 20.8 Å². The van der Waals surface area contributed by atoms with E-state index in [0.29, 0.717) is 0 Å². The summed E-state index contributed by atoms with van der Waals surface area (Å²) < 4.78 is 15.6. The Morgan fingerprint density at radius 1 is 1.17 bits per heavy atom. The molecule has 0 aliphatic rings. The van der Waals surface area contributed by atoms with Crippen LogP contribution in [0.25, 0.3) is 0 Å². The molecule has 23 heavy (non-hydrogen) atoms. The molecule has 6 nitrogen and oxygen atoms in total. The van der Waals surface area contributed by atoms with Crippen LogP contribution in [0.15, 0.2) is 30.3 Å². The van der Waals surface area contributed by atoms with E-state index in [2.05, 4.69) is 0 Å². The molecule has 128 valence electrons. The minimum atomic E-state index is -0.862. The molecule has 0 radical (unpaired) electrons. The van der Waals surface area contributed by atoms with Crippen molar-refractivity contribution in [2.24, 2.45) is 0 Å². The van der Waals surface area contributed by atoms with Crippen molar-refractivity contribution in [1.82, 2.24) is 4.90 Å². The molecule has 0 heterocycles. The van der Waals surface area contributed by atoms with Crippen LogP contribution in [0.1, 0.15) is 26.3 Å². The molecule has 1 atom stereocenters. The number of amides is 1. The van der Waals surface area contributed by atoms with Gasteiger partial charge in [-0.25, -0.2) is 9.59 Å². The Balaban J connectivity index is 2.68. The zero-order chi connectivity index (χ0) is 17.5. The van der Waals surface area contributed by atoms with Crippen LogP contribution in [0.4, 0.5) is 4.79 Å². The van der Waals surface area contributed by atoms with Crippen molar-refractivity contribution in [3.05, 3.63) is 35.9 Å². The molecule has 0 aliphatic heterocycles. The second kappa shape index (κ2) is 8.53. The van der Waals surface area contributed by atoms with Gasteiger partial charge in [0.2, 0.25) is 0 Å². The first-order chi connectivity index (χ1) is 10.7. The lowest BCUT2D eigenvalue weighted by molar-refractivity contribution is -0.152. The molecule has 1 aromatic carbocycles. The third-order valence-electron chi connectivity index (χ3n) is 2.97. The van der Waals surface area contributed by atoms with Gasteiger partial charge in [-0.2, -0.15) is 0 Å². The van der Waals surface area contributed by atoms with Gasteiger partial charge in [0.25, 0.3) is 0 Å². The topological polar surface area (TPSA) is 65.1 Å². The monoisotopic (exact) mass is 323 g/mol. The predicted octanol–water partition coefficient (Wildman–Crippen LogP) is 2.61. The van der Waals surface area contributed by atoms with Gasteiger partial charge in [0.05, 0.1) is 6.61 Å². The fraction of sp³-hybridized carbons (Fsp3) is 0.529. The van der Waals surface area contributed by atoms with E-state index >= 15 is 0 Å². The second-order valence-corrected chi connectivity index (χ2v) is 6.16. The van der Waals surface area contributed by atoms with E-state index in [0.717, 1.165) is 5.56 Å². The molecule has 1 rings (SSSR count). The van der Waals surface area contributed by atoms with Crippen molar-refractivity contribution in [2.45, 2.75) is 39.0 Å². The van der Waals surface area contributed by atoms with E-state index < -0.39 is 23.7 Å². The van der Waals surface area contributed by atoms with Gasteiger partial charge in [0.15, 0.2) is 6.04 Å². The molecule has 0 saturated heterocycles. The highest BCUT2D eigenvalue weighted by Gasteiger charge is 2.31. The predicted molar refractivity (Wildman–Crippen MR) is 85.9 cm³/mol. The Labute approximate surface area is 137 Å². The zero-order valence-electron chi connectivity index (χ0n) is 14.4. The van der Waals surface area contributed by atoms with Crippen LogP contribution in [0.3, 0.4) is 0 Å². The van der Waals surface area contributed by atoms with Crippen molar-refractivity contribution < 1.29 is 23.8 Å². The molecule has 0 unspecified atom stereocenters. The summed E-state index contributed by atoms with van der Waals surface area (Å²) in [4.78, 5) is 25.6. The molecule has 6 heteroatoms. The quantitative estimate of drug-likeness (QED) is 0.753. The lowest BCUT2D eigenvalue weighted by Gasteiger charge is -2.29. The van der Waals surface area contributed by atoms with Crippen LogP contribution in [-0.2, 0) is 25.6 Å². The Hall–Kier alpha value is -2.08. The lowest BCUT2D eigenvalue weighted by Crippen LogP contribution is -2.47. The number of rotatable bonds is 6.